The maximum Gasteiger partial charge on any atom is 0.418 e. The van der Waals surface area contributed by atoms with Crippen molar-refractivity contribution < 1.29 is 27.8 Å². The smallest absolute Gasteiger partial charge is 0.418 e. The summed E-state index contributed by atoms with van der Waals surface area (Å²) in [6.45, 7) is 0.854. The van der Waals surface area contributed by atoms with Crippen molar-refractivity contribution in [3.05, 3.63) is 23.8 Å². The molecule has 94 valence electrons. The molecule has 1 aromatic rings. The monoisotopic (exact) mass is 248 g/mol. The van der Waals surface area contributed by atoms with Crippen LogP contribution >= 0.6 is 0 Å². The molecular weight excluding hydrogens is 237 g/mol. The Morgan fingerprint density at radius 2 is 1.76 bits per heavy atom. The SMILES string of the molecule is O[C@H](c1ccc2c(c1)OCCCO2)C(F)(F)F. The number of hydrogen-bond acceptors (Lipinski definition) is 3. The molecule has 1 aliphatic heterocycles. The Labute approximate surface area is 95.8 Å². The summed E-state index contributed by atoms with van der Waals surface area (Å²) in [6, 6.07) is 3.73. The van der Waals surface area contributed by atoms with Crippen molar-refractivity contribution in [3.63, 3.8) is 0 Å². The Hall–Kier alpha value is -1.43. The molecule has 3 nitrogen and oxygen atoms in total. The van der Waals surface area contributed by atoms with Crippen molar-refractivity contribution in [3.8, 4) is 11.5 Å². The second-order valence-electron chi connectivity index (χ2n) is 3.70. The van der Waals surface area contributed by atoms with E-state index >= 15 is 0 Å². The van der Waals surface area contributed by atoms with Crippen LogP contribution in [-0.4, -0.2) is 24.5 Å². The van der Waals surface area contributed by atoms with Gasteiger partial charge in [0.25, 0.3) is 0 Å². The standard InChI is InChI=1S/C11H11F3O3/c12-11(13,14)10(15)7-2-3-8-9(6-7)17-5-1-4-16-8/h2-3,6,10,15H,1,4-5H2/t10-/m1/s1. The summed E-state index contributed by atoms with van der Waals surface area (Å²) in [7, 11) is 0. The van der Waals surface area contributed by atoms with E-state index in [4.69, 9.17) is 14.6 Å². The first-order chi connectivity index (χ1) is 7.98. The van der Waals surface area contributed by atoms with Crippen LogP contribution in [-0.2, 0) is 0 Å². The van der Waals surface area contributed by atoms with Crippen molar-refractivity contribution in [2.24, 2.45) is 0 Å². The van der Waals surface area contributed by atoms with Gasteiger partial charge in [-0.3, -0.25) is 0 Å². The molecule has 6 heteroatoms. The van der Waals surface area contributed by atoms with Gasteiger partial charge in [-0.25, -0.2) is 0 Å². The number of aliphatic hydroxyl groups excluding tert-OH is 1. The van der Waals surface area contributed by atoms with Crippen molar-refractivity contribution in [2.75, 3.05) is 13.2 Å². The minimum Gasteiger partial charge on any atom is -0.490 e. The number of fused-ring (bicyclic) bond motifs is 1. The van der Waals surface area contributed by atoms with Gasteiger partial charge in [0.15, 0.2) is 17.6 Å². The highest BCUT2D eigenvalue weighted by Crippen LogP contribution is 2.37. The molecule has 0 radical (unpaired) electrons. The molecule has 0 saturated heterocycles. The lowest BCUT2D eigenvalue weighted by Gasteiger charge is -2.16. The first kappa shape index (κ1) is 12.0. The third-order valence-corrected chi connectivity index (χ3v) is 2.40. The molecule has 1 N–H and O–H groups in total. The summed E-state index contributed by atoms with van der Waals surface area (Å²) in [4.78, 5) is 0. The van der Waals surface area contributed by atoms with E-state index in [-0.39, 0.29) is 11.3 Å². The van der Waals surface area contributed by atoms with E-state index in [0.717, 1.165) is 0 Å². The van der Waals surface area contributed by atoms with Gasteiger partial charge in [0.2, 0.25) is 0 Å². The summed E-state index contributed by atoms with van der Waals surface area (Å²) in [6.07, 6.45) is -6.51. The summed E-state index contributed by atoms with van der Waals surface area (Å²) in [5.41, 5.74) is -0.248. The number of alkyl halides is 3. The molecule has 17 heavy (non-hydrogen) atoms. The number of rotatable bonds is 1. The molecule has 0 spiro atoms. The number of hydrogen-bond donors (Lipinski definition) is 1. The largest absolute Gasteiger partial charge is 0.490 e. The highest BCUT2D eigenvalue weighted by atomic mass is 19.4. The molecule has 0 fully saturated rings. The molecule has 1 heterocycles. The predicted octanol–water partition coefficient (Wildman–Crippen LogP) is 2.44. The molecule has 0 aromatic heterocycles. The van der Waals surface area contributed by atoms with E-state index in [1.54, 1.807) is 0 Å². The Kier molecular flexibility index (Phi) is 3.15. The topological polar surface area (TPSA) is 38.7 Å². The second kappa shape index (κ2) is 4.44. The zero-order valence-corrected chi connectivity index (χ0v) is 8.83. The van der Waals surface area contributed by atoms with E-state index in [2.05, 4.69) is 0 Å². The van der Waals surface area contributed by atoms with Crippen LogP contribution in [0, 0.1) is 0 Å². The Bertz CT molecular complexity index is 403. The normalized spacial score (nSPS) is 17.4. The van der Waals surface area contributed by atoms with Gasteiger partial charge in [-0.05, 0) is 17.7 Å². The van der Waals surface area contributed by atoms with Gasteiger partial charge in [0.1, 0.15) is 0 Å². The third kappa shape index (κ3) is 2.63. The van der Waals surface area contributed by atoms with Gasteiger partial charge >= 0.3 is 6.18 Å². The fraction of sp³-hybridized carbons (Fsp3) is 0.455. The minimum absolute atomic E-state index is 0.239. The molecular formula is C11H11F3O3. The fourth-order valence-electron chi connectivity index (χ4n) is 1.54. The molecule has 0 bridgehead atoms. The lowest BCUT2D eigenvalue weighted by Crippen LogP contribution is -2.20. The fourth-order valence-corrected chi connectivity index (χ4v) is 1.54. The van der Waals surface area contributed by atoms with E-state index < -0.39 is 12.3 Å². The van der Waals surface area contributed by atoms with Gasteiger partial charge in [0.05, 0.1) is 13.2 Å². The lowest BCUT2D eigenvalue weighted by atomic mass is 10.1. The van der Waals surface area contributed by atoms with Crippen LogP contribution in [0.2, 0.25) is 0 Å². The molecule has 0 saturated carbocycles. The first-order valence-electron chi connectivity index (χ1n) is 5.13. The van der Waals surface area contributed by atoms with E-state index in [1.807, 2.05) is 0 Å². The van der Waals surface area contributed by atoms with Gasteiger partial charge in [-0.2, -0.15) is 13.2 Å². The second-order valence-corrected chi connectivity index (χ2v) is 3.70. The quantitative estimate of drug-likeness (QED) is 0.829. The molecule has 1 aromatic carbocycles. The van der Waals surface area contributed by atoms with Gasteiger partial charge in [-0.1, -0.05) is 6.07 Å². The van der Waals surface area contributed by atoms with Crippen molar-refractivity contribution in [2.45, 2.75) is 18.7 Å². The van der Waals surface area contributed by atoms with Crippen LogP contribution in [0.5, 0.6) is 11.5 Å². The molecule has 2 rings (SSSR count). The molecule has 0 aliphatic carbocycles. The van der Waals surface area contributed by atoms with Crippen molar-refractivity contribution >= 4 is 0 Å². The van der Waals surface area contributed by atoms with Crippen LogP contribution in [0.3, 0.4) is 0 Å². The maximum atomic E-state index is 12.3. The van der Waals surface area contributed by atoms with Crippen molar-refractivity contribution in [1.82, 2.24) is 0 Å². The molecule has 1 aliphatic rings. The molecule has 1 atom stereocenters. The average Bonchev–Trinajstić information content (AvgIpc) is 2.50. The lowest BCUT2D eigenvalue weighted by molar-refractivity contribution is -0.206. The first-order valence-corrected chi connectivity index (χ1v) is 5.13. The third-order valence-electron chi connectivity index (χ3n) is 2.40. The minimum atomic E-state index is -4.68. The van der Waals surface area contributed by atoms with Gasteiger partial charge in [0, 0.05) is 6.42 Å². The zero-order chi connectivity index (χ0) is 12.5. The number of aliphatic hydroxyl groups is 1. The molecule has 0 amide bonds. The predicted molar refractivity (Wildman–Crippen MR) is 53.1 cm³/mol. The van der Waals surface area contributed by atoms with Crippen LogP contribution in [0.4, 0.5) is 13.2 Å². The van der Waals surface area contributed by atoms with Gasteiger partial charge < -0.3 is 14.6 Å². The Morgan fingerprint density at radius 3 is 2.41 bits per heavy atom. The van der Waals surface area contributed by atoms with Crippen LogP contribution in [0.1, 0.15) is 18.1 Å². The highest BCUT2D eigenvalue weighted by molar-refractivity contribution is 5.44. The van der Waals surface area contributed by atoms with Crippen molar-refractivity contribution in [1.29, 1.82) is 0 Å². The van der Waals surface area contributed by atoms with E-state index in [0.29, 0.717) is 25.4 Å². The number of ether oxygens (including phenoxy) is 2. The van der Waals surface area contributed by atoms with Crippen LogP contribution in [0.25, 0.3) is 0 Å². The van der Waals surface area contributed by atoms with E-state index in [1.165, 1.54) is 18.2 Å². The Morgan fingerprint density at radius 1 is 1.12 bits per heavy atom. The summed E-state index contributed by atoms with van der Waals surface area (Å²) >= 11 is 0. The maximum absolute atomic E-state index is 12.3. The summed E-state index contributed by atoms with van der Waals surface area (Å²) < 4.78 is 47.5. The van der Waals surface area contributed by atoms with Crippen LogP contribution in [0.15, 0.2) is 18.2 Å². The van der Waals surface area contributed by atoms with Gasteiger partial charge in [-0.15, -0.1) is 0 Å². The number of halogens is 3. The van der Waals surface area contributed by atoms with Crippen LogP contribution < -0.4 is 9.47 Å². The summed E-state index contributed by atoms with van der Waals surface area (Å²) in [5, 5.41) is 9.11. The number of benzene rings is 1. The molecule has 0 unspecified atom stereocenters. The van der Waals surface area contributed by atoms with E-state index in [9.17, 15) is 13.2 Å². The highest BCUT2D eigenvalue weighted by Gasteiger charge is 2.39. The zero-order valence-electron chi connectivity index (χ0n) is 8.83. The summed E-state index contributed by atoms with van der Waals surface area (Å²) in [5.74, 6) is 0.643. The average molecular weight is 248 g/mol. The Balaban J connectivity index is 2.29.